The van der Waals surface area contributed by atoms with E-state index in [1.54, 1.807) is 14.0 Å². The fraction of sp³-hybridized carbons (Fsp3) is 0.312. The van der Waals surface area contributed by atoms with Gasteiger partial charge in [-0.3, -0.25) is 9.11 Å². The molecule has 4 rings (SSSR count). The summed E-state index contributed by atoms with van der Waals surface area (Å²) >= 11 is 0. The Morgan fingerprint density at radius 3 is 2.02 bits per heavy atom. The van der Waals surface area contributed by atoms with Crippen LogP contribution in [-0.4, -0.2) is 93.3 Å². The van der Waals surface area contributed by atoms with Crippen molar-refractivity contribution in [1.82, 2.24) is 4.72 Å². The number of sulfonamides is 1. The van der Waals surface area contributed by atoms with Crippen molar-refractivity contribution in [2.24, 2.45) is 20.5 Å². The van der Waals surface area contributed by atoms with Gasteiger partial charge in [0.1, 0.15) is 22.0 Å². The number of aryl methyl sites for hydroxylation is 1. The number of phenolic OH excluding ortho intramolecular Hbond substituents is 1. The number of hydrogen-bond acceptors (Lipinski definition) is 16. The molecule has 54 heavy (non-hydrogen) atoms. The first-order chi connectivity index (χ1) is 25.5. The zero-order chi connectivity index (χ0) is 39.7. The molecule has 0 atom stereocenters. The molecule has 0 heterocycles. The third-order valence-electron chi connectivity index (χ3n) is 7.47. The zero-order valence-corrected chi connectivity index (χ0v) is 31.6. The Labute approximate surface area is 311 Å². The van der Waals surface area contributed by atoms with E-state index in [0.29, 0.717) is 56.4 Å². The SMILES string of the molecule is COCCOCCOCCCNS(=O)(=O)c1ccc(/N=N/c2cc(OC)c(/N=N/c3c(S(=O)(=O)O)cc4cc(S(=O)(=O)O)cc(N)c4c3O)cc2C)cc1. The van der Waals surface area contributed by atoms with Gasteiger partial charge in [0.15, 0.2) is 5.75 Å². The molecule has 0 aromatic heterocycles. The van der Waals surface area contributed by atoms with Crippen LogP contribution in [-0.2, 0) is 44.5 Å². The van der Waals surface area contributed by atoms with Crippen LogP contribution in [0.4, 0.5) is 28.4 Å². The Morgan fingerprint density at radius 1 is 0.741 bits per heavy atom. The number of nitrogens with one attached hydrogen (secondary N) is 1. The molecule has 0 fully saturated rings. The maximum absolute atomic E-state index is 12.7. The van der Waals surface area contributed by atoms with Crippen molar-refractivity contribution in [2.45, 2.75) is 28.0 Å². The molecule has 19 nitrogen and oxygen atoms in total. The maximum Gasteiger partial charge on any atom is 0.296 e. The van der Waals surface area contributed by atoms with Crippen molar-refractivity contribution in [3.05, 3.63) is 60.2 Å². The van der Waals surface area contributed by atoms with Gasteiger partial charge in [0.2, 0.25) is 10.0 Å². The standard InChI is InChI=1S/C32H38N6O13S3/c1-20-15-27(37-38-31-29(54(45,46)47)17-21-16-24(53(42,43)44)18-25(33)30(21)32(31)39)28(49-3)19-26(20)36-35-22-5-7-23(8-6-22)52(40,41)34-9-4-10-50-13-14-51-12-11-48-2/h5-8,15-19,34,39H,4,9-14,33H2,1-3H3,(H,42,43,44)(H,45,46,47)/b36-35+,38-37+. The van der Waals surface area contributed by atoms with Crippen LogP contribution in [0.5, 0.6) is 11.5 Å². The summed E-state index contributed by atoms with van der Waals surface area (Å²) in [6.07, 6.45) is 0.460. The monoisotopic (exact) mass is 810 g/mol. The predicted octanol–water partition coefficient (Wildman–Crippen LogP) is 5.12. The smallest absolute Gasteiger partial charge is 0.296 e. The normalized spacial score (nSPS) is 12.7. The summed E-state index contributed by atoms with van der Waals surface area (Å²) in [4.78, 5) is -1.58. The van der Waals surface area contributed by atoms with Crippen LogP contribution in [0.3, 0.4) is 0 Å². The molecule has 0 aliphatic carbocycles. The second-order valence-electron chi connectivity index (χ2n) is 11.3. The van der Waals surface area contributed by atoms with Crippen LogP contribution < -0.4 is 15.2 Å². The predicted molar refractivity (Wildman–Crippen MR) is 195 cm³/mol. The lowest BCUT2D eigenvalue weighted by Crippen LogP contribution is -2.25. The summed E-state index contributed by atoms with van der Waals surface area (Å²) in [7, 11) is -10.7. The van der Waals surface area contributed by atoms with E-state index in [4.69, 9.17) is 24.7 Å². The number of nitrogen functional groups attached to an aromatic ring is 1. The number of nitrogens with zero attached hydrogens (tertiary/aromatic N) is 4. The van der Waals surface area contributed by atoms with Crippen LogP contribution in [0.1, 0.15) is 12.0 Å². The largest absolute Gasteiger partial charge is 0.505 e. The highest BCUT2D eigenvalue weighted by molar-refractivity contribution is 7.89. The van der Waals surface area contributed by atoms with Crippen LogP contribution in [0.25, 0.3) is 10.8 Å². The Hall–Kier alpha value is -4.65. The lowest BCUT2D eigenvalue weighted by molar-refractivity contribution is 0.0245. The van der Waals surface area contributed by atoms with Gasteiger partial charge in [-0.15, -0.1) is 10.2 Å². The van der Waals surface area contributed by atoms with Gasteiger partial charge >= 0.3 is 0 Å². The zero-order valence-electron chi connectivity index (χ0n) is 29.2. The van der Waals surface area contributed by atoms with Crippen molar-refractivity contribution < 1.29 is 58.4 Å². The summed E-state index contributed by atoms with van der Waals surface area (Å²) in [6.45, 7) is 3.94. The first-order valence-corrected chi connectivity index (χ1v) is 20.1. The van der Waals surface area contributed by atoms with Crippen LogP contribution in [0.15, 0.2) is 89.7 Å². The number of rotatable bonds is 19. The van der Waals surface area contributed by atoms with Crippen molar-refractivity contribution in [1.29, 1.82) is 0 Å². The van der Waals surface area contributed by atoms with E-state index in [-0.39, 0.29) is 39.3 Å². The van der Waals surface area contributed by atoms with E-state index < -0.39 is 51.5 Å². The Kier molecular flexibility index (Phi) is 14.1. The molecule has 4 aromatic rings. The lowest BCUT2D eigenvalue weighted by atomic mass is 10.1. The average Bonchev–Trinajstić information content (AvgIpc) is 3.10. The molecule has 22 heteroatoms. The van der Waals surface area contributed by atoms with Crippen LogP contribution in [0, 0.1) is 6.92 Å². The fourth-order valence-electron chi connectivity index (χ4n) is 4.78. The Bertz CT molecular complexity index is 2370. The lowest BCUT2D eigenvalue weighted by Gasteiger charge is -2.12. The van der Waals surface area contributed by atoms with E-state index in [1.807, 2.05) is 0 Å². The molecule has 6 N–H and O–H groups in total. The Balaban J connectivity index is 1.49. The minimum Gasteiger partial charge on any atom is -0.505 e. The topological polar surface area (TPSA) is 288 Å². The van der Waals surface area contributed by atoms with E-state index in [2.05, 4.69) is 25.2 Å². The van der Waals surface area contributed by atoms with Gasteiger partial charge in [-0.1, -0.05) is 0 Å². The number of ether oxygens (including phenoxy) is 4. The first kappa shape index (κ1) is 42.1. The fourth-order valence-corrected chi connectivity index (χ4v) is 7.06. The van der Waals surface area contributed by atoms with Crippen molar-refractivity contribution in [2.75, 3.05) is 59.5 Å². The summed E-state index contributed by atoms with van der Waals surface area (Å²) in [5.41, 5.74) is 6.06. The highest BCUT2D eigenvalue weighted by Gasteiger charge is 2.25. The molecule has 0 spiro atoms. The third-order valence-corrected chi connectivity index (χ3v) is 10.6. The van der Waals surface area contributed by atoms with E-state index >= 15 is 0 Å². The molecule has 0 unspecified atom stereocenters. The number of azo groups is 2. The van der Waals surface area contributed by atoms with Gasteiger partial charge in [0, 0.05) is 37.4 Å². The molecule has 292 valence electrons. The summed E-state index contributed by atoms with van der Waals surface area (Å²) in [6, 6.07) is 11.1. The number of anilines is 1. The molecular formula is C32H38N6O13S3. The molecular weight excluding hydrogens is 773 g/mol. The summed E-state index contributed by atoms with van der Waals surface area (Å²) in [5.74, 6) is -0.752. The number of phenols is 1. The average molecular weight is 811 g/mol. The van der Waals surface area contributed by atoms with Crippen LogP contribution >= 0.6 is 0 Å². The highest BCUT2D eigenvalue weighted by Crippen LogP contribution is 2.45. The molecule has 4 aromatic carbocycles. The van der Waals surface area contributed by atoms with Gasteiger partial charge in [-0.2, -0.15) is 27.1 Å². The number of benzene rings is 4. The van der Waals surface area contributed by atoms with E-state index in [0.717, 1.165) is 18.2 Å². The molecule has 0 saturated heterocycles. The van der Waals surface area contributed by atoms with E-state index in [1.165, 1.54) is 43.5 Å². The maximum atomic E-state index is 12.7. The first-order valence-electron chi connectivity index (χ1n) is 15.8. The highest BCUT2D eigenvalue weighted by atomic mass is 32.2. The summed E-state index contributed by atoms with van der Waals surface area (Å²) in [5, 5.41) is 26.8. The molecule has 0 amide bonds. The van der Waals surface area contributed by atoms with E-state index in [9.17, 15) is 39.5 Å². The van der Waals surface area contributed by atoms with Gasteiger partial charge in [0.25, 0.3) is 20.2 Å². The molecule has 0 aliphatic heterocycles. The number of hydrogen-bond donors (Lipinski definition) is 5. The second kappa shape index (κ2) is 18.1. The van der Waals surface area contributed by atoms with Crippen LogP contribution in [0.2, 0.25) is 0 Å². The molecule has 0 aliphatic rings. The quantitative estimate of drug-likeness (QED) is 0.0356. The number of methoxy groups -OCH3 is 2. The van der Waals surface area contributed by atoms with Gasteiger partial charge in [-0.25, -0.2) is 13.1 Å². The number of aromatic hydroxyl groups is 1. The second-order valence-corrected chi connectivity index (χ2v) is 15.9. The van der Waals surface area contributed by atoms with Gasteiger partial charge < -0.3 is 29.8 Å². The van der Waals surface area contributed by atoms with Crippen molar-refractivity contribution in [3.8, 4) is 11.5 Å². The van der Waals surface area contributed by atoms with Crippen molar-refractivity contribution in [3.63, 3.8) is 0 Å². The third kappa shape index (κ3) is 11.0. The summed E-state index contributed by atoms with van der Waals surface area (Å²) < 4.78 is 116. The number of nitrogens with two attached hydrogens (primary N) is 1. The van der Waals surface area contributed by atoms with Gasteiger partial charge in [-0.05, 0) is 72.8 Å². The van der Waals surface area contributed by atoms with Crippen molar-refractivity contribution >= 4 is 69.5 Å². The molecule has 0 bridgehead atoms. The molecule has 0 saturated carbocycles. The minimum atomic E-state index is -5.07. The number of fused-ring (bicyclic) bond motifs is 1. The minimum absolute atomic E-state index is 0.0293. The van der Waals surface area contributed by atoms with Gasteiger partial charge in [0.05, 0.1) is 54.7 Å². The molecule has 0 radical (unpaired) electrons. The Morgan fingerprint density at radius 2 is 1.39 bits per heavy atom.